The van der Waals surface area contributed by atoms with Crippen LogP contribution >= 0.6 is 11.3 Å². The lowest BCUT2D eigenvalue weighted by atomic mass is 10.1. The fourth-order valence-corrected chi connectivity index (χ4v) is 4.49. The SMILES string of the molecule is CCCN(Nc1n[nH]c(=O)c2ccccc12)C(=O)CCc1nc(-c2csc(NC(=O)CC(C)C)c2)no1. The third kappa shape index (κ3) is 6.58. The Kier molecular flexibility index (Phi) is 8.29. The number of fused-ring (bicyclic) bond motifs is 1. The summed E-state index contributed by atoms with van der Waals surface area (Å²) in [6.45, 7) is 6.39. The van der Waals surface area contributed by atoms with Crippen LogP contribution in [0.4, 0.5) is 10.8 Å². The van der Waals surface area contributed by atoms with E-state index in [1.165, 1.54) is 16.3 Å². The smallest absolute Gasteiger partial charge is 0.272 e. The number of thiophene rings is 1. The van der Waals surface area contributed by atoms with Gasteiger partial charge in [0.2, 0.25) is 23.5 Å². The molecule has 0 fully saturated rings. The Morgan fingerprint density at radius 2 is 2.00 bits per heavy atom. The topological polar surface area (TPSA) is 146 Å². The highest BCUT2D eigenvalue weighted by molar-refractivity contribution is 7.14. The van der Waals surface area contributed by atoms with E-state index >= 15 is 0 Å². The summed E-state index contributed by atoms with van der Waals surface area (Å²) in [4.78, 5) is 41.5. The van der Waals surface area contributed by atoms with Gasteiger partial charge in [-0.2, -0.15) is 10.1 Å². The molecule has 194 valence electrons. The second kappa shape index (κ2) is 11.8. The van der Waals surface area contributed by atoms with Gasteiger partial charge < -0.3 is 9.84 Å². The molecule has 4 rings (SSSR count). The number of H-pyrrole nitrogens is 1. The molecule has 3 N–H and O–H groups in total. The van der Waals surface area contributed by atoms with E-state index in [0.29, 0.717) is 46.3 Å². The molecule has 12 heteroatoms. The summed E-state index contributed by atoms with van der Waals surface area (Å²) in [5.41, 5.74) is 3.49. The van der Waals surface area contributed by atoms with E-state index in [9.17, 15) is 14.4 Å². The third-order valence-corrected chi connectivity index (χ3v) is 6.27. The molecule has 0 spiro atoms. The number of aromatic nitrogens is 4. The first kappa shape index (κ1) is 26.0. The minimum absolute atomic E-state index is 0.0361. The number of anilines is 2. The summed E-state index contributed by atoms with van der Waals surface area (Å²) >= 11 is 1.39. The van der Waals surface area contributed by atoms with Gasteiger partial charge in [-0.1, -0.05) is 44.1 Å². The lowest BCUT2D eigenvalue weighted by Crippen LogP contribution is -2.37. The fraction of sp³-hybridized carbons (Fsp3) is 0.360. The molecule has 0 aliphatic carbocycles. The van der Waals surface area contributed by atoms with Crippen molar-refractivity contribution < 1.29 is 14.1 Å². The molecule has 0 bridgehead atoms. The number of hydrogen-bond donors (Lipinski definition) is 3. The predicted molar refractivity (Wildman–Crippen MR) is 142 cm³/mol. The Bertz CT molecular complexity index is 1440. The summed E-state index contributed by atoms with van der Waals surface area (Å²) in [5, 5.41) is 18.6. The number of rotatable bonds is 11. The number of aryl methyl sites for hydroxylation is 1. The van der Waals surface area contributed by atoms with Crippen LogP contribution in [0, 0.1) is 5.92 Å². The number of carbonyl (C=O) groups excluding carboxylic acids is 2. The molecule has 1 aromatic carbocycles. The van der Waals surface area contributed by atoms with Crippen LogP contribution in [0.2, 0.25) is 0 Å². The third-order valence-electron chi connectivity index (χ3n) is 5.42. The molecule has 4 aromatic rings. The number of nitrogens with one attached hydrogen (secondary N) is 3. The normalized spacial score (nSPS) is 11.1. The number of hydrogen-bond acceptors (Lipinski definition) is 9. The van der Waals surface area contributed by atoms with Crippen molar-refractivity contribution in [2.75, 3.05) is 17.3 Å². The zero-order valence-electron chi connectivity index (χ0n) is 20.9. The first-order valence-corrected chi connectivity index (χ1v) is 13.0. The van der Waals surface area contributed by atoms with E-state index in [4.69, 9.17) is 4.52 Å². The molecule has 3 aromatic heterocycles. The zero-order chi connectivity index (χ0) is 26.4. The van der Waals surface area contributed by atoms with Crippen molar-refractivity contribution in [3.8, 4) is 11.4 Å². The zero-order valence-corrected chi connectivity index (χ0v) is 21.7. The summed E-state index contributed by atoms with van der Waals surface area (Å²) in [7, 11) is 0. The maximum Gasteiger partial charge on any atom is 0.272 e. The van der Waals surface area contributed by atoms with Crippen molar-refractivity contribution in [2.45, 2.75) is 46.5 Å². The van der Waals surface area contributed by atoms with Crippen LogP contribution in [0.25, 0.3) is 22.2 Å². The lowest BCUT2D eigenvalue weighted by molar-refractivity contribution is -0.130. The second-order valence-corrected chi connectivity index (χ2v) is 9.87. The molecule has 11 nitrogen and oxygen atoms in total. The fourth-order valence-electron chi connectivity index (χ4n) is 3.70. The summed E-state index contributed by atoms with van der Waals surface area (Å²) in [6.07, 6.45) is 1.57. The van der Waals surface area contributed by atoms with E-state index in [1.54, 1.807) is 24.3 Å². The Hall–Kier alpha value is -4.06. The van der Waals surface area contributed by atoms with Gasteiger partial charge in [-0.25, -0.2) is 5.10 Å². The van der Waals surface area contributed by atoms with Gasteiger partial charge in [0.1, 0.15) is 0 Å². The molecular weight excluding hydrogens is 494 g/mol. The van der Waals surface area contributed by atoms with Gasteiger partial charge in [0.05, 0.1) is 10.4 Å². The molecule has 0 unspecified atom stereocenters. The minimum Gasteiger partial charge on any atom is -0.339 e. The van der Waals surface area contributed by atoms with E-state index in [0.717, 1.165) is 12.0 Å². The van der Waals surface area contributed by atoms with Crippen molar-refractivity contribution in [3.63, 3.8) is 0 Å². The average molecular weight is 524 g/mol. The largest absolute Gasteiger partial charge is 0.339 e. The Morgan fingerprint density at radius 1 is 1.22 bits per heavy atom. The first-order valence-electron chi connectivity index (χ1n) is 12.1. The second-order valence-electron chi connectivity index (χ2n) is 8.96. The van der Waals surface area contributed by atoms with Gasteiger partial charge in [-0.15, -0.1) is 11.3 Å². The van der Waals surface area contributed by atoms with Gasteiger partial charge in [0.25, 0.3) is 5.56 Å². The van der Waals surface area contributed by atoms with Crippen LogP contribution in [0.3, 0.4) is 0 Å². The lowest BCUT2D eigenvalue weighted by Gasteiger charge is -2.23. The number of amides is 2. The Morgan fingerprint density at radius 3 is 2.76 bits per heavy atom. The number of nitrogens with zero attached hydrogens (tertiary/aromatic N) is 4. The monoisotopic (exact) mass is 523 g/mol. The Balaban J connectivity index is 1.38. The average Bonchev–Trinajstić information content (AvgIpc) is 3.53. The van der Waals surface area contributed by atoms with Crippen LogP contribution in [-0.2, 0) is 16.0 Å². The van der Waals surface area contributed by atoms with Gasteiger partial charge in [-0.3, -0.25) is 24.8 Å². The molecule has 3 heterocycles. The predicted octanol–water partition coefficient (Wildman–Crippen LogP) is 4.22. The highest BCUT2D eigenvalue weighted by Gasteiger charge is 2.18. The van der Waals surface area contributed by atoms with Gasteiger partial charge >= 0.3 is 0 Å². The van der Waals surface area contributed by atoms with E-state index in [2.05, 4.69) is 31.1 Å². The number of carbonyl (C=O) groups is 2. The van der Waals surface area contributed by atoms with Crippen molar-refractivity contribution in [3.05, 3.63) is 52.0 Å². The van der Waals surface area contributed by atoms with Crippen molar-refractivity contribution in [1.29, 1.82) is 0 Å². The van der Waals surface area contributed by atoms with Gasteiger partial charge in [-0.05, 0) is 24.5 Å². The van der Waals surface area contributed by atoms with Crippen molar-refractivity contribution in [2.24, 2.45) is 5.92 Å². The number of aromatic amines is 1. The summed E-state index contributed by atoms with van der Waals surface area (Å²) in [6, 6.07) is 8.87. The van der Waals surface area contributed by atoms with Crippen LogP contribution in [0.15, 0.2) is 45.0 Å². The maximum absolute atomic E-state index is 13.0. The molecular formula is C25H29N7O4S. The van der Waals surface area contributed by atoms with Crippen molar-refractivity contribution in [1.82, 2.24) is 25.3 Å². The standard InChI is InChI=1S/C25H29N7O4S/c1-4-11-32(30-24-17-7-5-6-8-18(17)25(35)29-28-24)22(34)10-9-20-27-23(31-36-20)16-13-21(37-14-16)26-19(33)12-15(2)3/h5-8,13-15H,4,9-12H2,1-3H3,(H,26,33)(H,28,30)(H,29,35). The molecule has 0 radical (unpaired) electrons. The maximum atomic E-state index is 13.0. The molecule has 0 atom stereocenters. The van der Waals surface area contributed by atoms with Crippen LogP contribution in [0.5, 0.6) is 0 Å². The molecule has 2 amide bonds. The minimum atomic E-state index is -0.294. The highest BCUT2D eigenvalue weighted by Crippen LogP contribution is 2.28. The molecule has 37 heavy (non-hydrogen) atoms. The van der Waals surface area contributed by atoms with E-state index < -0.39 is 0 Å². The van der Waals surface area contributed by atoms with Crippen LogP contribution in [0.1, 0.15) is 45.9 Å². The first-order chi connectivity index (χ1) is 17.8. The molecule has 0 aliphatic rings. The van der Waals surface area contributed by atoms with E-state index in [1.807, 2.05) is 32.2 Å². The number of hydrazine groups is 1. The molecule has 0 saturated heterocycles. The molecule has 0 aliphatic heterocycles. The quantitative estimate of drug-likeness (QED) is 0.248. The highest BCUT2D eigenvalue weighted by atomic mass is 32.1. The van der Waals surface area contributed by atoms with Gasteiger partial charge in [0.15, 0.2) is 5.82 Å². The van der Waals surface area contributed by atoms with Crippen LogP contribution < -0.4 is 16.3 Å². The summed E-state index contributed by atoms with van der Waals surface area (Å²) < 4.78 is 5.35. The van der Waals surface area contributed by atoms with Crippen LogP contribution in [-0.4, -0.2) is 43.7 Å². The van der Waals surface area contributed by atoms with Gasteiger partial charge in [0, 0.05) is 42.1 Å². The molecule has 0 saturated carbocycles. The van der Waals surface area contributed by atoms with Crippen molar-refractivity contribution >= 4 is 44.7 Å². The summed E-state index contributed by atoms with van der Waals surface area (Å²) in [5.74, 6) is 1.19. The number of benzene rings is 1. The van der Waals surface area contributed by atoms with E-state index in [-0.39, 0.29) is 36.1 Å². The Labute approximate surface area is 217 Å².